The number of nitrogens with two attached hydrogens (primary N) is 2. The molecule has 0 radical (unpaired) electrons. The summed E-state index contributed by atoms with van der Waals surface area (Å²) < 4.78 is 15.9. The molecular formula is C16H17N5O5. The van der Waals surface area contributed by atoms with Gasteiger partial charge in [-0.3, -0.25) is 9.59 Å². The van der Waals surface area contributed by atoms with Gasteiger partial charge >= 0.3 is 5.97 Å². The standard InChI is InChI=1S/C16H17N5O5/c17-15-19-13(20-16(18)21-15)8-26-14(23)4-2-10(22)9-1-3-11-12(7-9)25-6-5-24-11/h1,3,7H,2,4-6,8H2,(H4,17,18,19,20,21). The first-order valence-electron chi connectivity index (χ1n) is 7.85. The molecule has 2 heterocycles. The van der Waals surface area contributed by atoms with Gasteiger partial charge in [-0.05, 0) is 18.2 Å². The molecule has 10 nitrogen and oxygen atoms in total. The van der Waals surface area contributed by atoms with Crippen LogP contribution in [-0.2, 0) is 16.1 Å². The lowest BCUT2D eigenvalue weighted by atomic mass is 10.1. The van der Waals surface area contributed by atoms with Gasteiger partial charge in [0.25, 0.3) is 0 Å². The van der Waals surface area contributed by atoms with E-state index in [2.05, 4.69) is 15.0 Å². The highest BCUT2D eigenvalue weighted by atomic mass is 16.6. The molecule has 2 aromatic rings. The van der Waals surface area contributed by atoms with E-state index >= 15 is 0 Å². The van der Waals surface area contributed by atoms with Crippen LogP contribution in [0.15, 0.2) is 18.2 Å². The quantitative estimate of drug-likeness (QED) is 0.551. The molecule has 1 aliphatic rings. The SMILES string of the molecule is Nc1nc(N)nc(COC(=O)CCC(=O)c2ccc3c(c2)OCCO3)n1. The van der Waals surface area contributed by atoms with Crippen molar-refractivity contribution < 1.29 is 23.8 Å². The smallest absolute Gasteiger partial charge is 0.306 e. The van der Waals surface area contributed by atoms with Gasteiger partial charge in [0.05, 0.1) is 6.42 Å². The highest BCUT2D eigenvalue weighted by molar-refractivity contribution is 5.98. The molecule has 0 saturated heterocycles. The molecule has 0 aliphatic carbocycles. The first-order chi connectivity index (χ1) is 12.5. The maximum atomic E-state index is 12.2. The fraction of sp³-hybridized carbons (Fsp3) is 0.312. The Morgan fingerprint density at radius 2 is 1.69 bits per heavy atom. The summed E-state index contributed by atoms with van der Waals surface area (Å²) in [7, 11) is 0. The minimum absolute atomic E-state index is 0.0000424. The van der Waals surface area contributed by atoms with Crippen LogP contribution in [0.3, 0.4) is 0 Å². The Labute approximate surface area is 148 Å². The Kier molecular flexibility index (Phi) is 5.11. The normalized spacial score (nSPS) is 12.5. The molecule has 10 heteroatoms. The number of nitrogens with zero attached hydrogens (tertiary/aromatic N) is 3. The Bertz CT molecular complexity index is 822. The number of Topliss-reactive ketones (excluding diaryl/α,β-unsaturated/α-hetero) is 1. The van der Waals surface area contributed by atoms with E-state index in [1.807, 2.05) is 0 Å². The Morgan fingerprint density at radius 1 is 1.00 bits per heavy atom. The summed E-state index contributed by atoms with van der Waals surface area (Å²) in [6.45, 7) is 0.710. The van der Waals surface area contributed by atoms with Crippen LogP contribution < -0.4 is 20.9 Å². The van der Waals surface area contributed by atoms with Crippen LogP contribution in [0, 0.1) is 0 Å². The summed E-state index contributed by atoms with van der Waals surface area (Å²) in [4.78, 5) is 35.2. The number of rotatable bonds is 6. The molecule has 26 heavy (non-hydrogen) atoms. The highest BCUT2D eigenvalue weighted by Crippen LogP contribution is 2.31. The largest absolute Gasteiger partial charge is 0.486 e. The van der Waals surface area contributed by atoms with E-state index in [-0.39, 0.29) is 43.0 Å². The zero-order valence-corrected chi connectivity index (χ0v) is 13.8. The van der Waals surface area contributed by atoms with Crippen molar-refractivity contribution in [3.8, 4) is 11.5 Å². The van der Waals surface area contributed by atoms with Gasteiger partial charge < -0.3 is 25.7 Å². The number of hydrogen-bond acceptors (Lipinski definition) is 10. The zero-order chi connectivity index (χ0) is 18.5. The molecule has 0 saturated carbocycles. The predicted octanol–water partition coefficient (Wildman–Crippen LogP) is 0.513. The van der Waals surface area contributed by atoms with Crippen LogP contribution in [0.25, 0.3) is 0 Å². The summed E-state index contributed by atoms with van der Waals surface area (Å²) >= 11 is 0. The summed E-state index contributed by atoms with van der Waals surface area (Å²) in [5.74, 6) is 0.384. The van der Waals surface area contributed by atoms with E-state index in [0.29, 0.717) is 30.3 Å². The number of ether oxygens (including phenoxy) is 3. The second-order valence-corrected chi connectivity index (χ2v) is 5.41. The number of carbonyl (C=O) groups is 2. The van der Waals surface area contributed by atoms with Crippen molar-refractivity contribution in [3.63, 3.8) is 0 Å². The third-order valence-corrected chi connectivity index (χ3v) is 3.50. The lowest BCUT2D eigenvalue weighted by Crippen LogP contribution is -2.16. The average Bonchev–Trinajstić information content (AvgIpc) is 2.63. The van der Waals surface area contributed by atoms with Gasteiger partial charge in [-0.25, -0.2) is 0 Å². The molecule has 136 valence electrons. The second kappa shape index (κ2) is 7.64. The Hall–Kier alpha value is -3.43. The van der Waals surface area contributed by atoms with Crippen molar-refractivity contribution in [2.45, 2.75) is 19.4 Å². The molecule has 1 aromatic carbocycles. The lowest BCUT2D eigenvalue weighted by molar-refractivity contribution is -0.145. The molecule has 1 aromatic heterocycles. The van der Waals surface area contributed by atoms with Crippen LogP contribution >= 0.6 is 0 Å². The van der Waals surface area contributed by atoms with Crippen molar-refractivity contribution >= 4 is 23.6 Å². The van der Waals surface area contributed by atoms with Crippen molar-refractivity contribution in [1.29, 1.82) is 0 Å². The maximum Gasteiger partial charge on any atom is 0.306 e. The first-order valence-corrected chi connectivity index (χ1v) is 7.85. The predicted molar refractivity (Wildman–Crippen MR) is 89.4 cm³/mol. The van der Waals surface area contributed by atoms with Crippen LogP contribution in [0.2, 0.25) is 0 Å². The fourth-order valence-corrected chi connectivity index (χ4v) is 2.32. The summed E-state index contributed by atoms with van der Waals surface area (Å²) in [5, 5.41) is 0. The minimum atomic E-state index is -0.562. The molecule has 3 rings (SSSR count). The Morgan fingerprint density at radius 3 is 2.42 bits per heavy atom. The van der Waals surface area contributed by atoms with Gasteiger partial charge in [-0.1, -0.05) is 0 Å². The third kappa shape index (κ3) is 4.35. The van der Waals surface area contributed by atoms with Gasteiger partial charge in [0.15, 0.2) is 29.7 Å². The molecule has 4 N–H and O–H groups in total. The number of ketones is 1. The molecule has 0 fully saturated rings. The summed E-state index contributed by atoms with van der Waals surface area (Å²) in [5.41, 5.74) is 11.3. The topological polar surface area (TPSA) is 153 Å². The molecule has 0 atom stereocenters. The van der Waals surface area contributed by atoms with E-state index < -0.39 is 5.97 Å². The highest BCUT2D eigenvalue weighted by Gasteiger charge is 2.16. The van der Waals surface area contributed by atoms with E-state index in [0.717, 1.165) is 0 Å². The van der Waals surface area contributed by atoms with Crippen molar-refractivity contribution in [3.05, 3.63) is 29.6 Å². The van der Waals surface area contributed by atoms with E-state index in [1.165, 1.54) is 0 Å². The maximum absolute atomic E-state index is 12.2. The molecule has 1 aliphatic heterocycles. The Balaban J connectivity index is 1.50. The molecule has 0 spiro atoms. The molecule has 0 unspecified atom stereocenters. The number of carbonyl (C=O) groups excluding carboxylic acids is 2. The zero-order valence-electron chi connectivity index (χ0n) is 13.8. The molecular weight excluding hydrogens is 342 g/mol. The monoisotopic (exact) mass is 359 g/mol. The van der Waals surface area contributed by atoms with Crippen LogP contribution in [-0.4, -0.2) is 39.9 Å². The van der Waals surface area contributed by atoms with E-state index in [9.17, 15) is 9.59 Å². The van der Waals surface area contributed by atoms with Crippen molar-refractivity contribution in [1.82, 2.24) is 15.0 Å². The summed E-state index contributed by atoms with van der Waals surface area (Å²) in [6, 6.07) is 4.92. The number of aromatic nitrogens is 3. The number of benzene rings is 1. The molecule has 0 bridgehead atoms. The van der Waals surface area contributed by atoms with E-state index in [4.69, 9.17) is 25.7 Å². The van der Waals surface area contributed by atoms with Crippen LogP contribution in [0.1, 0.15) is 29.0 Å². The fourth-order valence-electron chi connectivity index (χ4n) is 2.32. The van der Waals surface area contributed by atoms with Crippen LogP contribution in [0.5, 0.6) is 11.5 Å². The summed E-state index contributed by atoms with van der Waals surface area (Å²) in [6.07, 6.45) is -0.0801. The average molecular weight is 359 g/mol. The second-order valence-electron chi connectivity index (χ2n) is 5.41. The van der Waals surface area contributed by atoms with Crippen molar-refractivity contribution in [2.75, 3.05) is 24.7 Å². The minimum Gasteiger partial charge on any atom is -0.486 e. The molecule has 0 amide bonds. The number of nitrogen functional groups attached to an aromatic ring is 2. The van der Waals surface area contributed by atoms with Gasteiger partial charge in [0, 0.05) is 12.0 Å². The number of esters is 1. The number of anilines is 2. The lowest BCUT2D eigenvalue weighted by Gasteiger charge is -2.18. The van der Waals surface area contributed by atoms with Gasteiger partial charge in [-0.15, -0.1) is 0 Å². The van der Waals surface area contributed by atoms with E-state index in [1.54, 1.807) is 18.2 Å². The van der Waals surface area contributed by atoms with Gasteiger partial charge in [0.2, 0.25) is 11.9 Å². The third-order valence-electron chi connectivity index (χ3n) is 3.50. The number of fused-ring (bicyclic) bond motifs is 1. The first kappa shape index (κ1) is 17.4. The number of hydrogen-bond donors (Lipinski definition) is 2. The van der Waals surface area contributed by atoms with Gasteiger partial charge in [0.1, 0.15) is 13.2 Å². The van der Waals surface area contributed by atoms with Crippen molar-refractivity contribution in [2.24, 2.45) is 0 Å². The van der Waals surface area contributed by atoms with Gasteiger partial charge in [-0.2, -0.15) is 15.0 Å². The van der Waals surface area contributed by atoms with Crippen LogP contribution in [0.4, 0.5) is 11.9 Å².